The highest BCUT2D eigenvalue weighted by Crippen LogP contribution is 2.47. The smallest absolute Gasteiger partial charge is 0.331 e. The molecule has 0 saturated heterocycles. The van der Waals surface area contributed by atoms with E-state index in [0.717, 1.165) is 34.8 Å². The fourth-order valence-corrected chi connectivity index (χ4v) is 12.4. The fraction of sp³-hybridized carbons (Fsp3) is 0.429. The fourth-order valence-electron chi connectivity index (χ4n) is 5.96. The van der Waals surface area contributed by atoms with Crippen LogP contribution in [0.25, 0.3) is 0 Å². The van der Waals surface area contributed by atoms with E-state index in [4.69, 9.17) is 4.74 Å². The third kappa shape index (κ3) is 5.03. The Bertz CT molecular complexity index is 984. The lowest BCUT2D eigenvalue weighted by Gasteiger charge is -2.50. The second-order valence-corrected chi connectivity index (χ2v) is 14.9. The number of rotatable bonds is 8. The molecule has 0 aliphatic heterocycles. The molecule has 0 heterocycles. The van der Waals surface area contributed by atoms with Gasteiger partial charge in [-0.3, -0.25) is 4.79 Å². The summed E-state index contributed by atoms with van der Waals surface area (Å²) >= 11 is 0. The average Bonchev–Trinajstić information content (AvgIpc) is 2.81. The Labute approximate surface area is 203 Å². The summed E-state index contributed by atoms with van der Waals surface area (Å²) < 4.78 is 5.73. The first-order valence-corrected chi connectivity index (χ1v) is 13.9. The maximum absolute atomic E-state index is 12.8. The monoisotopic (exact) mass is 480 g/mol. The van der Waals surface area contributed by atoms with E-state index in [1.165, 1.54) is 0 Å². The number of carboxylic acid groups (broad SMARTS) is 2. The molecule has 2 aromatic carbocycles. The van der Waals surface area contributed by atoms with E-state index in [1.54, 1.807) is 7.11 Å². The van der Waals surface area contributed by atoms with Crippen molar-refractivity contribution in [3.8, 4) is 0 Å². The summed E-state index contributed by atoms with van der Waals surface area (Å²) in [7, 11) is -1.32. The molecule has 0 bridgehead atoms. The average molecular weight is 481 g/mol. The van der Waals surface area contributed by atoms with Gasteiger partial charge in [0.2, 0.25) is 0 Å². The molecule has 0 amide bonds. The molecule has 182 valence electrons. The maximum atomic E-state index is 12.8. The lowest BCUT2D eigenvalue weighted by molar-refractivity contribution is -0.139. The number of hydrogen-bond donors (Lipinski definition) is 2. The lowest BCUT2D eigenvalue weighted by atomic mass is 9.85. The molecule has 0 spiro atoms. The second-order valence-electron chi connectivity index (χ2n) is 10.2. The normalized spacial score (nSPS) is 19.9. The second kappa shape index (κ2) is 10.7. The van der Waals surface area contributed by atoms with E-state index < -0.39 is 26.4 Å². The Morgan fingerprint density at radius 2 is 1.47 bits per heavy atom. The molecule has 1 fully saturated rings. The molecule has 2 unspecified atom stereocenters. The van der Waals surface area contributed by atoms with E-state index in [2.05, 4.69) is 45.0 Å². The highest BCUT2D eigenvalue weighted by molar-refractivity contribution is 7.09. The molecule has 0 aromatic heterocycles. The molecule has 1 aliphatic carbocycles. The predicted molar refractivity (Wildman–Crippen MR) is 137 cm³/mol. The van der Waals surface area contributed by atoms with Crippen LogP contribution in [0.1, 0.15) is 52.9 Å². The van der Waals surface area contributed by atoms with Gasteiger partial charge in [0, 0.05) is 12.7 Å². The van der Waals surface area contributed by atoms with Crippen LogP contribution in [-0.4, -0.2) is 43.4 Å². The van der Waals surface area contributed by atoms with Crippen LogP contribution in [0, 0.1) is 5.92 Å². The SMILES string of the molecule is COC1CCCC(C(=C(CC(=O)O)C(=O)O)[Si](c2ccccc2)(c2ccccc2)C(C)(C)C)C1. The molecule has 5 nitrogen and oxygen atoms in total. The van der Waals surface area contributed by atoms with E-state index in [-0.39, 0.29) is 22.6 Å². The molecule has 34 heavy (non-hydrogen) atoms. The molecule has 1 saturated carbocycles. The van der Waals surface area contributed by atoms with Gasteiger partial charge in [0.05, 0.1) is 12.5 Å². The summed E-state index contributed by atoms with van der Waals surface area (Å²) in [5, 5.41) is 22.9. The zero-order valence-corrected chi connectivity index (χ0v) is 21.6. The maximum Gasteiger partial charge on any atom is 0.331 e. The Morgan fingerprint density at radius 3 is 1.88 bits per heavy atom. The summed E-state index contributed by atoms with van der Waals surface area (Å²) in [4.78, 5) is 24.7. The standard InChI is InChI=1S/C28H36O5Si/c1-28(2,3)34(22-14-7-5-8-15-22,23-16-9-6-10-17-23)26(24(27(31)32)19-25(29)30)20-12-11-13-21(18-20)33-4/h5-10,14-17,20-21H,11-13,18-19H2,1-4H3,(H,29,30)(H,31,32). The zero-order chi connectivity index (χ0) is 24.9. The highest BCUT2D eigenvalue weighted by Gasteiger charge is 2.54. The van der Waals surface area contributed by atoms with Crippen LogP contribution in [-0.2, 0) is 14.3 Å². The number of aliphatic carboxylic acids is 2. The van der Waals surface area contributed by atoms with E-state index in [9.17, 15) is 19.8 Å². The highest BCUT2D eigenvalue weighted by atomic mass is 28.3. The number of carboxylic acids is 2. The summed E-state index contributed by atoms with van der Waals surface area (Å²) in [5.74, 6) is -2.31. The third-order valence-electron chi connectivity index (χ3n) is 7.22. The number of ether oxygens (including phenoxy) is 1. The Hall–Kier alpha value is -2.70. The van der Waals surface area contributed by atoms with E-state index in [0.29, 0.717) is 6.42 Å². The Morgan fingerprint density at radius 1 is 0.941 bits per heavy atom. The topological polar surface area (TPSA) is 83.8 Å². The van der Waals surface area contributed by atoms with Crippen LogP contribution in [0.5, 0.6) is 0 Å². The molecule has 2 aromatic rings. The first-order chi connectivity index (χ1) is 16.1. The van der Waals surface area contributed by atoms with Crippen LogP contribution >= 0.6 is 0 Å². The number of benzene rings is 2. The lowest BCUT2D eigenvalue weighted by Crippen LogP contribution is -2.67. The van der Waals surface area contributed by atoms with Crippen molar-refractivity contribution in [2.45, 2.75) is 64.0 Å². The zero-order valence-electron chi connectivity index (χ0n) is 20.6. The van der Waals surface area contributed by atoms with Crippen molar-refractivity contribution >= 4 is 30.4 Å². The molecule has 1 aliphatic rings. The number of carbonyl (C=O) groups is 2. The van der Waals surface area contributed by atoms with Gasteiger partial charge < -0.3 is 14.9 Å². The van der Waals surface area contributed by atoms with Crippen molar-refractivity contribution in [1.82, 2.24) is 0 Å². The largest absolute Gasteiger partial charge is 0.481 e. The summed E-state index contributed by atoms with van der Waals surface area (Å²) in [6.07, 6.45) is 2.92. The van der Waals surface area contributed by atoms with Crippen molar-refractivity contribution in [3.05, 3.63) is 71.4 Å². The molecule has 0 radical (unpaired) electrons. The summed E-state index contributed by atoms with van der Waals surface area (Å²) in [6, 6.07) is 20.3. The van der Waals surface area contributed by atoms with Crippen molar-refractivity contribution < 1.29 is 24.5 Å². The van der Waals surface area contributed by atoms with E-state index in [1.807, 2.05) is 36.4 Å². The van der Waals surface area contributed by atoms with Crippen molar-refractivity contribution in [1.29, 1.82) is 0 Å². The minimum atomic E-state index is -3.02. The van der Waals surface area contributed by atoms with Gasteiger partial charge in [0.25, 0.3) is 0 Å². The summed E-state index contributed by atoms with van der Waals surface area (Å²) in [5.41, 5.74) is 0.0450. The first kappa shape index (κ1) is 25.9. The van der Waals surface area contributed by atoms with Crippen LogP contribution in [0.15, 0.2) is 71.4 Å². The van der Waals surface area contributed by atoms with Gasteiger partial charge in [0.15, 0.2) is 0 Å². The van der Waals surface area contributed by atoms with Crippen LogP contribution in [0.3, 0.4) is 0 Å². The van der Waals surface area contributed by atoms with Crippen LogP contribution < -0.4 is 10.4 Å². The van der Waals surface area contributed by atoms with Gasteiger partial charge in [-0.15, -0.1) is 0 Å². The first-order valence-electron chi connectivity index (χ1n) is 11.9. The number of hydrogen-bond acceptors (Lipinski definition) is 3. The minimum absolute atomic E-state index is 0.0341. The minimum Gasteiger partial charge on any atom is -0.481 e. The molecule has 2 N–H and O–H groups in total. The van der Waals surface area contributed by atoms with Gasteiger partial charge in [-0.25, -0.2) is 4.79 Å². The number of allylic oxidation sites excluding steroid dienone is 1. The Balaban J connectivity index is 2.50. The van der Waals surface area contributed by atoms with Crippen LogP contribution in [0.4, 0.5) is 0 Å². The van der Waals surface area contributed by atoms with Crippen molar-refractivity contribution in [2.75, 3.05) is 7.11 Å². The van der Waals surface area contributed by atoms with E-state index >= 15 is 0 Å². The number of methoxy groups -OCH3 is 1. The van der Waals surface area contributed by atoms with Crippen molar-refractivity contribution in [3.63, 3.8) is 0 Å². The molecule has 2 atom stereocenters. The van der Waals surface area contributed by atoms with Crippen molar-refractivity contribution in [2.24, 2.45) is 5.92 Å². The van der Waals surface area contributed by atoms with Gasteiger partial charge in [-0.2, -0.15) is 0 Å². The Kier molecular flexibility index (Phi) is 8.15. The van der Waals surface area contributed by atoms with Gasteiger partial charge in [0.1, 0.15) is 8.07 Å². The van der Waals surface area contributed by atoms with Crippen LogP contribution in [0.2, 0.25) is 5.04 Å². The molecule has 3 rings (SSSR count). The summed E-state index contributed by atoms with van der Waals surface area (Å²) in [6.45, 7) is 6.53. The van der Waals surface area contributed by atoms with Gasteiger partial charge >= 0.3 is 11.9 Å². The third-order valence-corrected chi connectivity index (χ3v) is 13.4. The quantitative estimate of drug-likeness (QED) is 0.424. The molecular weight excluding hydrogens is 444 g/mol. The van der Waals surface area contributed by atoms with Gasteiger partial charge in [-0.05, 0) is 40.6 Å². The molecular formula is C28H36O5Si. The molecule has 6 heteroatoms. The van der Waals surface area contributed by atoms with Gasteiger partial charge in [-0.1, -0.05) is 93.1 Å². The predicted octanol–water partition coefficient (Wildman–Crippen LogP) is 4.65.